The smallest absolute Gasteiger partial charge is 0.297 e. The molecule has 0 unspecified atom stereocenters. The zero-order chi connectivity index (χ0) is 36.1. The summed E-state index contributed by atoms with van der Waals surface area (Å²) in [5, 5.41) is 2.67. The Balaban J connectivity index is 1.22. The molecular weight excluding hydrogens is 662 g/mol. The van der Waals surface area contributed by atoms with E-state index >= 15 is 0 Å². The normalized spacial score (nSPS) is 15.5. The number of hydrogen-bond donors (Lipinski definition) is 0. The third kappa shape index (κ3) is 4.04. The van der Waals surface area contributed by atoms with Crippen LogP contribution in [0.5, 0.6) is 0 Å². The van der Waals surface area contributed by atoms with Gasteiger partial charge in [0.1, 0.15) is 0 Å². The van der Waals surface area contributed by atoms with E-state index in [1.54, 1.807) is 0 Å². The highest BCUT2D eigenvalue weighted by molar-refractivity contribution is 7.03. The van der Waals surface area contributed by atoms with Gasteiger partial charge in [-0.1, -0.05) is 200 Å². The second kappa shape index (κ2) is 11.7. The molecule has 55 heavy (non-hydrogen) atoms. The van der Waals surface area contributed by atoms with E-state index in [0.717, 1.165) is 0 Å². The highest BCUT2D eigenvalue weighted by Crippen LogP contribution is 2.65. The standard InChI is InChI=1S/C51H34B2N2/c1-3-19-35(20-4-1)37-23-10-15-31-45(37)52-47-33-17-18-34-48(47)54-50-49(53(55(52)54)46-32-16-11-24-38(46)36-21-5-2-6-22-36)41-27-9-14-30-44(41)51(50)42-28-12-7-25-39(42)40-26-8-13-29-43(40)51/h1-34H. The molecular formula is C51H34B2N2. The van der Waals surface area contributed by atoms with Gasteiger partial charge in [-0.05, 0) is 83.6 Å². The SMILES string of the molecule is c1ccc(-c2ccccc2B2C3=C(N4c5ccccc5B(c5ccccc5-c5ccccc5)N24)C2(c4ccccc43)c3ccccc3-c3ccccc32)cc1. The van der Waals surface area contributed by atoms with E-state index in [0.29, 0.717) is 0 Å². The number of hydrazine groups is 1. The van der Waals surface area contributed by atoms with Crippen molar-refractivity contribution in [2.75, 3.05) is 5.01 Å². The Hall–Kier alpha value is -6.61. The lowest BCUT2D eigenvalue weighted by Gasteiger charge is -2.41. The lowest BCUT2D eigenvalue weighted by molar-refractivity contribution is 0.613. The highest BCUT2D eigenvalue weighted by atomic mass is 15.6. The minimum Gasteiger partial charge on any atom is -0.297 e. The predicted octanol–water partition coefficient (Wildman–Crippen LogP) is 9.35. The molecule has 0 N–H and O–H groups in total. The van der Waals surface area contributed by atoms with E-state index in [-0.39, 0.29) is 13.7 Å². The first-order chi connectivity index (χ1) is 27.4. The van der Waals surface area contributed by atoms with Crippen molar-refractivity contribution in [3.63, 3.8) is 0 Å². The summed E-state index contributed by atoms with van der Waals surface area (Å²) in [7, 11) is 0. The zero-order valence-electron chi connectivity index (χ0n) is 30.2. The minimum atomic E-state index is -0.505. The molecule has 2 aliphatic carbocycles. The molecule has 8 aromatic rings. The first-order valence-corrected chi connectivity index (χ1v) is 19.4. The molecule has 0 bridgehead atoms. The van der Waals surface area contributed by atoms with Crippen molar-refractivity contribution in [3.8, 4) is 33.4 Å². The summed E-state index contributed by atoms with van der Waals surface area (Å²) in [6.45, 7) is -0.142. The molecule has 0 atom stereocenters. The van der Waals surface area contributed by atoms with E-state index < -0.39 is 5.41 Å². The van der Waals surface area contributed by atoms with Crippen LogP contribution in [-0.2, 0) is 5.41 Å². The zero-order valence-corrected chi connectivity index (χ0v) is 30.2. The van der Waals surface area contributed by atoms with Crippen LogP contribution in [0.25, 0.3) is 38.9 Å². The van der Waals surface area contributed by atoms with Crippen molar-refractivity contribution < 1.29 is 0 Å². The summed E-state index contributed by atoms with van der Waals surface area (Å²) in [6.07, 6.45) is 0. The molecule has 4 aliphatic rings. The summed E-state index contributed by atoms with van der Waals surface area (Å²) in [4.78, 5) is 2.75. The summed E-state index contributed by atoms with van der Waals surface area (Å²) in [6, 6.07) is 76.8. The van der Waals surface area contributed by atoms with Gasteiger partial charge in [-0.2, -0.15) is 0 Å². The van der Waals surface area contributed by atoms with Crippen LogP contribution < -0.4 is 21.4 Å². The maximum absolute atomic E-state index is 2.75. The van der Waals surface area contributed by atoms with Crippen LogP contribution in [0.4, 0.5) is 5.69 Å². The van der Waals surface area contributed by atoms with Crippen LogP contribution >= 0.6 is 0 Å². The van der Waals surface area contributed by atoms with Crippen molar-refractivity contribution in [1.82, 2.24) is 4.83 Å². The fraction of sp³-hybridized carbons (Fsp3) is 0.0196. The summed E-state index contributed by atoms with van der Waals surface area (Å²) in [5.41, 5.74) is 20.5. The lowest BCUT2D eigenvalue weighted by Crippen LogP contribution is -2.63. The molecule has 12 rings (SSSR count). The van der Waals surface area contributed by atoms with Gasteiger partial charge in [0.05, 0.1) is 11.1 Å². The Morgan fingerprint density at radius 1 is 0.327 bits per heavy atom. The Bertz CT molecular complexity index is 2820. The van der Waals surface area contributed by atoms with Crippen molar-refractivity contribution in [2.45, 2.75) is 5.41 Å². The van der Waals surface area contributed by atoms with E-state index in [1.807, 2.05) is 0 Å². The summed E-state index contributed by atoms with van der Waals surface area (Å²) >= 11 is 0. The molecule has 0 fully saturated rings. The molecule has 2 nitrogen and oxygen atoms in total. The van der Waals surface area contributed by atoms with E-state index in [9.17, 15) is 0 Å². The number of benzene rings is 8. The van der Waals surface area contributed by atoms with Crippen LogP contribution in [0.3, 0.4) is 0 Å². The largest absolute Gasteiger partial charge is 0.303 e. The number of anilines is 1. The minimum absolute atomic E-state index is 0.0526. The third-order valence-corrected chi connectivity index (χ3v) is 12.6. The molecule has 0 saturated heterocycles. The fourth-order valence-corrected chi connectivity index (χ4v) is 10.6. The van der Waals surface area contributed by atoms with Gasteiger partial charge in [-0.3, -0.25) is 9.84 Å². The van der Waals surface area contributed by atoms with Crippen molar-refractivity contribution in [3.05, 3.63) is 234 Å². The number of allylic oxidation sites excluding steroid dienone is 1. The van der Waals surface area contributed by atoms with E-state index in [4.69, 9.17) is 0 Å². The summed E-state index contributed by atoms with van der Waals surface area (Å²) in [5.74, 6) is 0. The van der Waals surface area contributed by atoms with Crippen LogP contribution in [0.15, 0.2) is 212 Å². The second-order valence-corrected chi connectivity index (χ2v) is 15.1. The van der Waals surface area contributed by atoms with Crippen molar-refractivity contribution >= 4 is 41.2 Å². The molecule has 4 heteroatoms. The maximum Gasteiger partial charge on any atom is 0.303 e. The van der Waals surface area contributed by atoms with Gasteiger partial charge in [-0.25, -0.2) is 0 Å². The topological polar surface area (TPSA) is 6.48 Å². The monoisotopic (exact) mass is 696 g/mol. The average molecular weight is 696 g/mol. The molecule has 254 valence electrons. The van der Waals surface area contributed by atoms with Crippen LogP contribution in [0.2, 0.25) is 0 Å². The second-order valence-electron chi connectivity index (χ2n) is 15.1. The highest BCUT2D eigenvalue weighted by Gasteiger charge is 2.65. The molecule has 0 aromatic heterocycles. The quantitative estimate of drug-likeness (QED) is 0.169. The number of rotatable bonds is 4. The van der Waals surface area contributed by atoms with Crippen molar-refractivity contribution in [1.29, 1.82) is 0 Å². The van der Waals surface area contributed by atoms with Crippen LogP contribution in [-0.4, -0.2) is 18.5 Å². The van der Waals surface area contributed by atoms with Crippen LogP contribution in [0, 0.1) is 0 Å². The summed E-state index contributed by atoms with van der Waals surface area (Å²) < 4.78 is 0. The maximum atomic E-state index is 2.75. The van der Waals surface area contributed by atoms with Gasteiger partial charge in [0.2, 0.25) is 0 Å². The number of hydrogen-bond acceptors (Lipinski definition) is 2. The number of para-hydroxylation sites is 1. The molecule has 0 amide bonds. The van der Waals surface area contributed by atoms with E-state index in [1.165, 1.54) is 88.9 Å². The Morgan fingerprint density at radius 3 is 1.29 bits per heavy atom. The average Bonchev–Trinajstić information content (AvgIpc) is 3.96. The van der Waals surface area contributed by atoms with Gasteiger partial charge < -0.3 is 0 Å². The predicted molar refractivity (Wildman–Crippen MR) is 230 cm³/mol. The molecule has 2 aliphatic heterocycles. The first-order valence-electron chi connectivity index (χ1n) is 19.4. The van der Waals surface area contributed by atoms with Gasteiger partial charge in [0.25, 0.3) is 0 Å². The number of fused-ring (bicyclic) bond motifs is 13. The van der Waals surface area contributed by atoms with Gasteiger partial charge in [0.15, 0.2) is 0 Å². The molecule has 2 heterocycles. The molecule has 8 aromatic carbocycles. The lowest BCUT2D eigenvalue weighted by atomic mass is 9.38. The van der Waals surface area contributed by atoms with E-state index in [2.05, 4.69) is 216 Å². The van der Waals surface area contributed by atoms with Crippen LogP contribution in [0.1, 0.15) is 22.3 Å². The number of nitrogens with zero attached hydrogens (tertiary/aromatic N) is 2. The Kier molecular flexibility index (Phi) is 6.55. The fourth-order valence-electron chi connectivity index (χ4n) is 10.6. The van der Waals surface area contributed by atoms with Gasteiger partial charge in [-0.15, -0.1) is 0 Å². The molecule has 0 saturated carbocycles. The third-order valence-electron chi connectivity index (χ3n) is 12.6. The Morgan fingerprint density at radius 2 is 0.727 bits per heavy atom. The van der Waals surface area contributed by atoms with Gasteiger partial charge >= 0.3 is 13.7 Å². The molecule has 0 radical (unpaired) electrons. The first kappa shape index (κ1) is 30.8. The molecule has 1 spiro atoms. The Labute approximate surface area is 322 Å². The van der Waals surface area contributed by atoms with Crippen molar-refractivity contribution in [2.24, 2.45) is 0 Å². The van der Waals surface area contributed by atoms with Gasteiger partial charge in [0, 0.05) is 5.70 Å².